The number of ether oxygens (including phenoxy) is 2. The molecule has 1 amide bonds. The molecule has 1 aliphatic heterocycles. The third-order valence-corrected chi connectivity index (χ3v) is 6.52. The van der Waals surface area contributed by atoms with Gasteiger partial charge in [0.25, 0.3) is 5.91 Å². The summed E-state index contributed by atoms with van der Waals surface area (Å²) in [5.41, 5.74) is 2.83. The Balaban J connectivity index is 1.50. The van der Waals surface area contributed by atoms with Gasteiger partial charge in [0, 0.05) is 22.9 Å². The molecule has 2 aliphatic rings. The molecule has 2 aromatic rings. The Morgan fingerprint density at radius 2 is 2.14 bits per heavy atom. The van der Waals surface area contributed by atoms with E-state index in [1.807, 2.05) is 0 Å². The average molecular weight is 432 g/mol. The lowest BCUT2D eigenvalue weighted by atomic mass is 10.0. The number of anilines is 1. The molecule has 1 N–H and O–H groups in total. The Morgan fingerprint density at radius 1 is 1.34 bits per heavy atom. The van der Waals surface area contributed by atoms with Crippen molar-refractivity contribution in [2.75, 3.05) is 19.5 Å². The number of carbonyl (C=O) groups excluding carboxylic acids is 1. The number of hydrogen-bond acceptors (Lipinski definition) is 7. The predicted octanol–water partition coefficient (Wildman–Crippen LogP) is 3.91. The van der Waals surface area contributed by atoms with Crippen LogP contribution in [0.3, 0.4) is 0 Å². The van der Waals surface area contributed by atoms with Gasteiger partial charge in [0.15, 0.2) is 0 Å². The van der Waals surface area contributed by atoms with Gasteiger partial charge in [0.1, 0.15) is 22.6 Å². The summed E-state index contributed by atoms with van der Waals surface area (Å²) in [4.78, 5) is 19.3. The number of fused-ring (bicyclic) bond motifs is 1. The molecule has 0 saturated carbocycles. The van der Waals surface area contributed by atoms with Crippen LogP contribution in [0.25, 0.3) is 0 Å². The summed E-state index contributed by atoms with van der Waals surface area (Å²) in [6.07, 6.45) is 2.36. The number of nitriles is 1. The van der Waals surface area contributed by atoms with Gasteiger partial charge in [-0.15, -0.1) is 11.3 Å². The standard InChI is InChI=1S/C20H18ClN3O4S/c1-26-15-8-16(27-2)13(21)6-11(15)14-7-17(28-24-14)19(25)23-20-12(9-22)10-4-3-5-18(10)29-20/h6,8,17H,3-5,7H2,1-2H3,(H,23,25)/t17-/m0/s1. The fourth-order valence-electron chi connectivity index (χ4n) is 3.57. The van der Waals surface area contributed by atoms with Crippen molar-refractivity contribution in [1.82, 2.24) is 0 Å². The summed E-state index contributed by atoms with van der Waals surface area (Å²) < 4.78 is 10.6. The molecule has 0 saturated heterocycles. The molecule has 1 atom stereocenters. The first-order valence-corrected chi connectivity index (χ1v) is 10.2. The van der Waals surface area contributed by atoms with Crippen LogP contribution < -0.4 is 14.8 Å². The number of nitrogens with zero attached hydrogens (tertiary/aromatic N) is 2. The number of nitrogens with one attached hydrogen (secondary N) is 1. The van der Waals surface area contributed by atoms with Crippen molar-refractivity contribution in [2.45, 2.75) is 31.8 Å². The summed E-state index contributed by atoms with van der Waals surface area (Å²) in [6.45, 7) is 0. The zero-order chi connectivity index (χ0) is 20.5. The molecule has 9 heteroatoms. The number of methoxy groups -OCH3 is 2. The largest absolute Gasteiger partial charge is 0.496 e. The van der Waals surface area contributed by atoms with Crippen LogP contribution in [0.4, 0.5) is 5.00 Å². The number of hydrogen-bond donors (Lipinski definition) is 1. The summed E-state index contributed by atoms with van der Waals surface area (Å²) in [6, 6.07) is 5.57. The molecule has 0 bridgehead atoms. The van der Waals surface area contributed by atoms with E-state index in [1.165, 1.54) is 30.4 Å². The van der Waals surface area contributed by atoms with E-state index in [9.17, 15) is 10.1 Å². The minimum absolute atomic E-state index is 0.262. The molecular formula is C20H18ClN3O4S. The number of thiophene rings is 1. The van der Waals surface area contributed by atoms with Crippen LogP contribution in [0, 0.1) is 11.3 Å². The Kier molecular flexibility index (Phi) is 5.35. The first kappa shape index (κ1) is 19.6. The molecule has 1 aromatic heterocycles. The minimum atomic E-state index is -0.793. The van der Waals surface area contributed by atoms with Gasteiger partial charge < -0.3 is 19.6 Å². The van der Waals surface area contributed by atoms with E-state index in [4.69, 9.17) is 25.9 Å². The van der Waals surface area contributed by atoms with E-state index >= 15 is 0 Å². The minimum Gasteiger partial charge on any atom is -0.496 e. The molecule has 29 heavy (non-hydrogen) atoms. The van der Waals surface area contributed by atoms with Crippen molar-refractivity contribution in [3.8, 4) is 17.6 Å². The molecule has 0 spiro atoms. The van der Waals surface area contributed by atoms with Gasteiger partial charge >= 0.3 is 0 Å². The van der Waals surface area contributed by atoms with Crippen LogP contribution in [0.15, 0.2) is 17.3 Å². The Morgan fingerprint density at radius 3 is 2.86 bits per heavy atom. The average Bonchev–Trinajstić information content (AvgIpc) is 3.43. The Bertz CT molecular complexity index is 1060. The molecule has 0 radical (unpaired) electrons. The van der Waals surface area contributed by atoms with E-state index < -0.39 is 6.10 Å². The lowest BCUT2D eigenvalue weighted by Crippen LogP contribution is -2.28. The number of benzene rings is 1. The summed E-state index contributed by atoms with van der Waals surface area (Å²) in [5, 5.41) is 17.4. The fourth-order valence-corrected chi connectivity index (χ4v) is 5.05. The lowest BCUT2D eigenvalue weighted by molar-refractivity contribution is -0.125. The maximum absolute atomic E-state index is 12.7. The highest BCUT2D eigenvalue weighted by atomic mass is 35.5. The Labute approximate surface area is 176 Å². The van der Waals surface area contributed by atoms with Gasteiger partial charge in [-0.3, -0.25) is 4.79 Å². The van der Waals surface area contributed by atoms with Crippen molar-refractivity contribution >= 4 is 39.6 Å². The maximum atomic E-state index is 12.7. The third-order valence-electron chi connectivity index (χ3n) is 5.02. The van der Waals surface area contributed by atoms with Gasteiger partial charge in [0.05, 0.1) is 30.5 Å². The van der Waals surface area contributed by atoms with Gasteiger partial charge in [-0.25, -0.2) is 0 Å². The molecule has 2 heterocycles. The monoisotopic (exact) mass is 431 g/mol. The van der Waals surface area contributed by atoms with Crippen molar-refractivity contribution in [3.05, 3.63) is 38.7 Å². The number of halogens is 1. The van der Waals surface area contributed by atoms with Crippen molar-refractivity contribution in [3.63, 3.8) is 0 Å². The normalized spacial score (nSPS) is 17.2. The zero-order valence-electron chi connectivity index (χ0n) is 15.9. The van der Waals surface area contributed by atoms with Crippen LogP contribution >= 0.6 is 22.9 Å². The predicted molar refractivity (Wildman–Crippen MR) is 110 cm³/mol. The van der Waals surface area contributed by atoms with E-state index in [1.54, 1.807) is 12.1 Å². The highest BCUT2D eigenvalue weighted by Crippen LogP contribution is 2.39. The molecule has 4 rings (SSSR count). The quantitative estimate of drug-likeness (QED) is 0.774. The molecule has 1 aromatic carbocycles. The van der Waals surface area contributed by atoms with E-state index in [0.717, 1.165) is 24.8 Å². The maximum Gasteiger partial charge on any atom is 0.269 e. The number of amides is 1. The number of oxime groups is 1. The molecule has 1 aliphatic carbocycles. The number of aryl methyl sites for hydroxylation is 1. The van der Waals surface area contributed by atoms with Crippen LogP contribution in [-0.4, -0.2) is 31.9 Å². The van der Waals surface area contributed by atoms with Gasteiger partial charge in [0.2, 0.25) is 6.10 Å². The van der Waals surface area contributed by atoms with Crippen molar-refractivity contribution in [1.29, 1.82) is 5.26 Å². The highest BCUT2D eigenvalue weighted by molar-refractivity contribution is 7.16. The molecule has 7 nitrogen and oxygen atoms in total. The SMILES string of the molecule is COc1cc(OC)c(C2=NO[C@H](C(=O)Nc3sc4c(c3C#N)CCC4)C2)cc1Cl. The topological polar surface area (TPSA) is 92.9 Å². The first-order chi connectivity index (χ1) is 14.0. The van der Waals surface area contributed by atoms with Crippen LogP contribution in [0.1, 0.15) is 34.4 Å². The number of rotatable bonds is 5. The van der Waals surface area contributed by atoms with Gasteiger partial charge in [-0.2, -0.15) is 5.26 Å². The lowest BCUT2D eigenvalue weighted by Gasteiger charge is -2.12. The fraction of sp³-hybridized carbons (Fsp3) is 0.350. The summed E-state index contributed by atoms with van der Waals surface area (Å²) in [7, 11) is 3.05. The number of carbonyl (C=O) groups is 1. The van der Waals surface area contributed by atoms with Crippen LogP contribution in [-0.2, 0) is 22.5 Å². The van der Waals surface area contributed by atoms with Gasteiger partial charge in [-0.05, 0) is 30.9 Å². The second-order valence-corrected chi connectivity index (χ2v) is 8.20. The molecule has 0 unspecified atom stereocenters. The molecule has 0 fully saturated rings. The van der Waals surface area contributed by atoms with E-state index in [2.05, 4.69) is 16.5 Å². The zero-order valence-corrected chi connectivity index (χ0v) is 17.4. The van der Waals surface area contributed by atoms with E-state index in [0.29, 0.717) is 38.4 Å². The Hall–Kier alpha value is -2.76. The second kappa shape index (κ2) is 7.93. The third kappa shape index (κ3) is 3.52. The van der Waals surface area contributed by atoms with Gasteiger partial charge in [-0.1, -0.05) is 16.8 Å². The van der Waals surface area contributed by atoms with Crippen molar-refractivity contribution in [2.24, 2.45) is 5.16 Å². The second-order valence-electron chi connectivity index (χ2n) is 6.69. The molecule has 150 valence electrons. The first-order valence-electron chi connectivity index (χ1n) is 9.05. The smallest absolute Gasteiger partial charge is 0.269 e. The van der Waals surface area contributed by atoms with Crippen molar-refractivity contribution < 1.29 is 19.1 Å². The van der Waals surface area contributed by atoms with Crippen LogP contribution in [0.5, 0.6) is 11.5 Å². The van der Waals surface area contributed by atoms with Crippen LogP contribution in [0.2, 0.25) is 5.02 Å². The summed E-state index contributed by atoms with van der Waals surface area (Å²) >= 11 is 7.70. The summed E-state index contributed by atoms with van der Waals surface area (Å²) in [5.74, 6) is 0.672. The van der Waals surface area contributed by atoms with E-state index in [-0.39, 0.29) is 12.3 Å². The molecular weight excluding hydrogens is 414 g/mol. The highest BCUT2D eigenvalue weighted by Gasteiger charge is 2.32.